The Hall–Kier alpha value is -3.95. The first kappa shape index (κ1) is 23.8. The van der Waals surface area contributed by atoms with Gasteiger partial charge in [-0.1, -0.05) is 24.3 Å². The highest BCUT2D eigenvalue weighted by molar-refractivity contribution is 5.99. The molecule has 4 atom stereocenters. The Morgan fingerprint density at radius 3 is 2.58 bits per heavy atom. The van der Waals surface area contributed by atoms with Gasteiger partial charge in [0.2, 0.25) is 5.91 Å². The van der Waals surface area contributed by atoms with Gasteiger partial charge in [-0.25, -0.2) is 4.79 Å². The van der Waals surface area contributed by atoms with Crippen molar-refractivity contribution in [2.24, 2.45) is 0 Å². The minimum absolute atomic E-state index is 0.0709. The number of urea groups is 1. The van der Waals surface area contributed by atoms with E-state index in [0.717, 1.165) is 11.3 Å². The van der Waals surface area contributed by atoms with E-state index in [0.29, 0.717) is 30.1 Å². The average Bonchev–Trinajstić information content (AvgIpc) is 3.26. The summed E-state index contributed by atoms with van der Waals surface area (Å²) >= 11 is 0. The summed E-state index contributed by atoms with van der Waals surface area (Å²) in [5.74, 6) is 0.479. The van der Waals surface area contributed by atoms with E-state index in [1.165, 1.54) is 0 Å². The van der Waals surface area contributed by atoms with Crippen LogP contribution < -0.4 is 20.7 Å². The number of fused-ring (bicyclic) bond motifs is 3. The normalized spacial score (nSPS) is 22.0. The van der Waals surface area contributed by atoms with Crippen molar-refractivity contribution in [1.29, 1.82) is 0 Å². The van der Waals surface area contributed by atoms with Crippen molar-refractivity contribution in [3.8, 4) is 5.75 Å². The lowest BCUT2D eigenvalue weighted by atomic mass is 9.84. The molecule has 3 aromatic rings. The first-order chi connectivity index (χ1) is 17.6. The first-order valence-corrected chi connectivity index (χ1v) is 12.0. The minimum atomic E-state index is -0.553. The van der Waals surface area contributed by atoms with E-state index in [-0.39, 0.29) is 43.1 Å². The van der Waals surface area contributed by atoms with Gasteiger partial charge in [0.1, 0.15) is 18.0 Å². The van der Waals surface area contributed by atoms with Crippen LogP contribution in [-0.2, 0) is 16.1 Å². The number of rotatable bonds is 7. The molecule has 5 rings (SSSR count). The zero-order valence-corrected chi connectivity index (χ0v) is 19.6. The number of aliphatic hydroxyl groups excluding tert-OH is 1. The van der Waals surface area contributed by atoms with Gasteiger partial charge >= 0.3 is 6.03 Å². The molecule has 2 aliphatic rings. The summed E-state index contributed by atoms with van der Waals surface area (Å²) < 4.78 is 12.1. The van der Waals surface area contributed by atoms with Crippen molar-refractivity contribution >= 4 is 23.3 Å². The predicted molar refractivity (Wildman–Crippen MR) is 134 cm³/mol. The fraction of sp³-hybridized carbons (Fsp3) is 0.296. The van der Waals surface area contributed by atoms with Crippen molar-refractivity contribution in [2.45, 2.75) is 43.6 Å². The number of ether oxygens (including phenoxy) is 2. The van der Waals surface area contributed by atoms with Crippen LogP contribution >= 0.6 is 0 Å². The summed E-state index contributed by atoms with van der Waals surface area (Å²) in [6.45, 7) is 0.125. The minimum Gasteiger partial charge on any atom is -0.487 e. The van der Waals surface area contributed by atoms with Gasteiger partial charge in [-0.3, -0.25) is 9.78 Å². The summed E-state index contributed by atoms with van der Waals surface area (Å²) in [7, 11) is 0. The number of nitrogens with one attached hydrogen (secondary N) is 3. The van der Waals surface area contributed by atoms with Crippen LogP contribution in [0.2, 0.25) is 0 Å². The molecule has 1 aromatic heterocycles. The molecule has 3 amide bonds. The number of carbonyl (C=O) groups excluding carboxylic acids is 2. The summed E-state index contributed by atoms with van der Waals surface area (Å²) in [6, 6.07) is 19.9. The number of hydrogen-bond acceptors (Lipinski definition) is 6. The van der Waals surface area contributed by atoms with E-state index >= 15 is 0 Å². The lowest BCUT2D eigenvalue weighted by Crippen LogP contribution is -2.47. The number of aliphatic hydroxyl groups is 1. The molecule has 0 radical (unpaired) electrons. The third-order valence-corrected chi connectivity index (χ3v) is 6.39. The van der Waals surface area contributed by atoms with E-state index < -0.39 is 6.10 Å². The van der Waals surface area contributed by atoms with Gasteiger partial charge in [0.25, 0.3) is 0 Å². The zero-order chi connectivity index (χ0) is 24.9. The van der Waals surface area contributed by atoms with Gasteiger partial charge in [-0.05, 0) is 48.9 Å². The standard InChI is InChI=1S/C27H28N4O5/c32-16-24-26-22(13-20(35-24)14-25(33)29-15-19-8-4-5-11-28-19)21-12-18(9-10-23(21)36-26)31-27(34)30-17-6-2-1-3-7-17/h1-12,20,22,24,26,32H,13-16H2,(H,29,33)(H2,30,31,34)/t20-,22+,24+,26-/m1/s1. The topological polar surface area (TPSA) is 122 Å². The summed E-state index contributed by atoms with van der Waals surface area (Å²) in [5, 5.41) is 18.5. The molecule has 2 aliphatic heterocycles. The highest BCUT2D eigenvalue weighted by Crippen LogP contribution is 2.47. The molecule has 3 heterocycles. The number of anilines is 2. The highest BCUT2D eigenvalue weighted by Gasteiger charge is 2.46. The quantitative estimate of drug-likeness (QED) is 0.404. The monoisotopic (exact) mass is 488 g/mol. The van der Waals surface area contributed by atoms with Gasteiger partial charge < -0.3 is 30.5 Å². The van der Waals surface area contributed by atoms with Crippen LogP contribution in [0.25, 0.3) is 0 Å². The van der Waals surface area contributed by atoms with E-state index in [4.69, 9.17) is 9.47 Å². The van der Waals surface area contributed by atoms with Gasteiger partial charge in [0, 0.05) is 29.1 Å². The summed E-state index contributed by atoms with van der Waals surface area (Å²) in [4.78, 5) is 29.2. The molecule has 9 heteroatoms. The van der Waals surface area contributed by atoms with Gasteiger partial charge in [0.15, 0.2) is 0 Å². The summed E-state index contributed by atoms with van der Waals surface area (Å²) in [5.41, 5.74) is 3.03. The molecule has 1 fully saturated rings. The van der Waals surface area contributed by atoms with Crippen LogP contribution in [0.4, 0.5) is 16.2 Å². The number of para-hydroxylation sites is 1. The van der Waals surface area contributed by atoms with Gasteiger partial charge in [-0.2, -0.15) is 0 Å². The lowest BCUT2D eigenvalue weighted by molar-refractivity contribution is -0.142. The maximum Gasteiger partial charge on any atom is 0.323 e. The van der Waals surface area contributed by atoms with E-state index in [2.05, 4.69) is 20.9 Å². The molecule has 9 nitrogen and oxygen atoms in total. The number of nitrogens with zero attached hydrogens (tertiary/aromatic N) is 1. The Balaban J connectivity index is 1.24. The predicted octanol–water partition coefficient (Wildman–Crippen LogP) is 3.43. The largest absolute Gasteiger partial charge is 0.487 e. The van der Waals surface area contributed by atoms with Gasteiger partial charge in [-0.15, -0.1) is 0 Å². The first-order valence-electron chi connectivity index (χ1n) is 12.0. The highest BCUT2D eigenvalue weighted by atomic mass is 16.6. The second-order valence-corrected chi connectivity index (χ2v) is 8.90. The third kappa shape index (κ3) is 5.48. The van der Waals surface area contributed by atoms with E-state index in [9.17, 15) is 14.7 Å². The fourth-order valence-corrected chi connectivity index (χ4v) is 4.75. The number of benzene rings is 2. The Morgan fingerprint density at radius 1 is 1.00 bits per heavy atom. The van der Waals surface area contributed by atoms with Crippen LogP contribution in [0.15, 0.2) is 72.9 Å². The summed E-state index contributed by atoms with van der Waals surface area (Å²) in [6.07, 6.45) is 1.13. The van der Waals surface area contributed by atoms with Crippen LogP contribution in [0.1, 0.15) is 30.0 Å². The van der Waals surface area contributed by atoms with Crippen molar-refractivity contribution in [3.05, 3.63) is 84.2 Å². The molecule has 2 aromatic carbocycles. The molecule has 0 aliphatic carbocycles. The molecule has 1 saturated heterocycles. The average molecular weight is 489 g/mol. The Kier molecular flexibility index (Phi) is 7.11. The number of amides is 3. The second-order valence-electron chi connectivity index (χ2n) is 8.90. The van der Waals surface area contributed by atoms with Crippen LogP contribution in [0.5, 0.6) is 5.75 Å². The number of hydrogen-bond donors (Lipinski definition) is 4. The Bertz CT molecular complexity index is 1210. The maximum atomic E-state index is 12.6. The SMILES string of the molecule is O=C(C[C@H]1C[C@H]2c3cc(NC(=O)Nc4ccccc4)ccc3O[C@H]2[C@H](CO)O1)NCc1ccccn1. The van der Waals surface area contributed by atoms with Crippen LogP contribution in [0.3, 0.4) is 0 Å². The molecule has 0 bridgehead atoms. The Morgan fingerprint density at radius 2 is 1.81 bits per heavy atom. The zero-order valence-electron chi connectivity index (χ0n) is 19.6. The molecular formula is C27H28N4O5. The molecule has 36 heavy (non-hydrogen) atoms. The van der Waals surface area contributed by atoms with E-state index in [1.807, 2.05) is 60.7 Å². The molecule has 4 N–H and O–H groups in total. The Labute approximate surface area is 208 Å². The van der Waals surface area contributed by atoms with Crippen molar-refractivity contribution in [3.63, 3.8) is 0 Å². The van der Waals surface area contributed by atoms with Crippen LogP contribution in [0, 0.1) is 0 Å². The number of carbonyl (C=O) groups is 2. The van der Waals surface area contributed by atoms with Crippen LogP contribution in [-0.4, -0.2) is 46.9 Å². The lowest BCUT2D eigenvalue weighted by Gasteiger charge is -2.37. The fourth-order valence-electron chi connectivity index (χ4n) is 4.75. The smallest absolute Gasteiger partial charge is 0.323 e. The molecule has 186 valence electrons. The molecule has 0 unspecified atom stereocenters. The maximum absolute atomic E-state index is 12.6. The number of aromatic nitrogens is 1. The van der Waals surface area contributed by atoms with Crippen molar-refractivity contribution in [2.75, 3.05) is 17.2 Å². The molecule has 0 spiro atoms. The van der Waals surface area contributed by atoms with Gasteiger partial charge in [0.05, 0.1) is 31.4 Å². The third-order valence-electron chi connectivity index (χ3n) is 6.39. The number of pyridine rings is 1. The second kappa shape index (κ2) is 10.8. The molecular weight excluding hydrogens is 460 g/mol. The van der Waals surface area contributed by atoms with Crippen molar-refractivity contribution in [1.82, 2.24) is 10.3 Å². The van der Waals surface area contributed by atoms with Crippen molar-refractivity contribution < 1.29 is 24.2 Å². The van der Waals surface area contributed by atoms with E-state index in [1.54, 1.807) is 12.3 Å². The molecule has 0 saturated carbocycles.